The van der Waals surface area contributed by atoms with Crippen molar-refractivity contribution in [2.45, 2.75) is 24.9 Å². The van der Waals surface area contributed by atoms with Crippen LogP contribution < -0.4 is 9.64 Å². The number of carbonyl (C=O) groups excluding carboxylic acids is 2. The molecule has 2 amide bonds. The van der Waals surface area contributed by atoms with Crippen LogP contribution in [0, 0.1) is 5.82 Å². The van der Waals surface area contributed by atoms with Gasteiger partial charge in [0, 0.05) is 37.2 Å². The van der Waals surface area contributed by atoms with E-state index in [1.807, 2.05) is 54.6 Å². The molecule has 5 rings (SSSR count). The van der Waals surface area contributed by atoms with Crippen LogP contribution >= 0.6 is 0 Å². The number of ether oxygens (including phenoxy) is 1. The lowest BCUT2D eigenvalue weighted by Crippen LogP contribution is -2.51. The number of rotatable bonds is 2. The lowest BCUT2D eigenvalue weighted by molar-refractivity contribution is -0.122. The van der Waals surface area contributed by atoms with Gasteiger partial charge in [-0.15, -0.1) is 0 Å². The van der Waals surface area contributed by atoms with Crippen LogP contribution in [0.2, 0.25) is 0 Å². The zero-order chi connectivity index (χ0) is 22.1. The van der Waals surface area contributed by atoms with Crippen molar-refractivity contribution in [3.63, 3.8) is 0 Å². The molecule has 1 saturated heterocycles. The van der Waals surface area contributed by atoms with E-state index in [2.05, 4.69) is 0 Å². The number of piperidine rings is 1. The Morgan fingerprint density at radius 2 is 1.53 bits per heavy atom. The second-order valence-corrected chi connectivity index (χ2v) is 8.29. The number of para-hydroxylation sites is 3. The van der Waals surface area contributed by atoms with Gasteiger partial charge in [-0.2, -0.15) is 0 Å². The molecule has 3 aromatic carbocycles. The molecule has 5 nitrogen and oxygen atoms in total. The summed E-state index contributed by atoms with van der Waals surface area (Å²) in [5, 5.41) is 0. The number of likely N-dealkylation sites (tertiary alicyclic amines) is 1. The maximum Gasteiger partial charge on any atom is 0.253 e. The molecule has 0 atom stereocenters. The highest BCUT2D eigenvalue weighted by Crippen LogP contribution is 2.43. The van der Waals surface area contributed by atoms with Crippen LogP contribution in [0.4, 0.5) is 15.8 Å². The largest absolute Gasteiger partial charge is 0.484 e. The molecule has 1 fully saturated rings. The second kappa shape index (κ2) is 8.11. The number of anilines is 2. The average molecular weight is 430 g/mol. The first kappa shape index (κ1) is 20.2. The molecule has 32 heavy (non-hydrogen) atoms. The third-order valence-electron chi connectivity index (χ3n) is 6.22. The van der Waals surface area contributed by atoms with Gasteiger partial charge < -0.3 is 9.64 Å². The molecule has 0 aromatic heterocycles. The van der Waals surface area contributed by atoms with Gasteiger partial charge in [0.25, 0.3) is 5.91 Å². The minimum absolute atomic E-state index is 0.0283. The normalized spacial score (nSPS) is 17.5. The summed E-state index contributed by atoms with van der Waals surface area (Å²) < 4.78 is 19.7. The molecule has 0 saturated carbocycles. The van der Waals surface area contributed by atoms with Crippen LogP contribution in [-0.4, -0.2) is 35.4 Å². The average Bonchev–Trinajstić information content (AvgIpc) is 2.93. The van der Waals surface area contributed by atoms with E-state index in [0.717, 1.165) is 11.4 Å². The van der Waals surface area contributed by atoms with Crippen LogP contribution in [0.3, 0.4) is 0 Å². The predicted octanol–water partition coefficient (Wildman–Crippen LogP) is 4.95. The topological polar surface area (TPSA) is 49.9 Å². The Labute approximate surface area is 186 Å². The van der Waals surface area contributed by atoms with E-state index < -0.39 is 5.60 Å². The summed E-state index contributed by atoms with van der Waals surface area (Å²) in [6.07, 6.45) is 1.32. The first-order chi connectivity index (χ1) is 15.5. The van der Waals surface area contributed by atoms with Crippen molar-refractivity contribution in [3.05, 3.63) is 90.2 Å². The molecule has 2 aliphatic heterocycles. The van der Waals surface area contributed by atoms with E-state index in [1.54, 1.807) is 9.80 Å². The van der Waals surface area contributed by atoms with Gasteiger partial charge >= 0.3 is 0 Å². The van der Waals surface area contributed by atoms with Crippen molar-refractivity contribution in [2.24, 2.45) is 0 Å². The van der Waals surface area contributed by atoms with Crippen molar-refractivity contribution >= 4 is 23.2 Å². The monoisotopic (exact) mass is 430 g/mol. The Bertz CT molecular complexity index is 1140. The highest BCUT2D eigenvalue weighted by molar-refractivity contribution is 6.03. The number of amides is 2. The lowest BCUT2D eigenvalue weighted by Gasteiger charge is -2.40. The Kier molecular flexibility index (Phi) is 5.13. The van der Waals surface area contributed by atoms with Gasteiger partial charge in [-0.25, -0.2) is 4.39 Å². The van der Waals surface area contributed by atoms with Crippen molar-refractivity contribution < 1.29 is 18.7 Å². The standard InChI is InChI=1S/C26H23FN2O3/c27-20-12-10-19(11-13-20)25(31)28-16-14-26(15-17-28)18-24(30)29(21-6-2-1-3-7-21)22-8-4-5-9-23(22)32-26/h1-13H,14-18H2. The summed E-state index contributed by atoms with van der Waals surface area (Å²) in [5.74, 6) is 0.136. The van der Waals surface area contributed by atoms with Crippen molar-refractivity contribution in [1.29, 1.82) is 0 Å². The van der Waals surface area contributed by atoms with E-state index in [1.165, 1.54) is 24.3 Å². The van der Waals surface area contributed by atoms with Gasteiger partial charge in [0.15, 0.2) is 0 Å². The fourth-order valence-electron chi connectivity index (χ4n) is 4.52. The quantitative estimate of drug-likeness (QED) is 0.578. The molecule has 2 aliphatic rings. The zero-order valence-corrected chi connectivity index (χ0v) is 17.5. The molecule has 0 unspecified atom stereocenters. The van der Waals surface area contributed by atoms with Crippen LogP contribution in [-0.2, 0) is 4.79 Å². The number of benzene rings is 3. The minimum Gasteiger partial charge on any atom is -0.484 e. The maximum atomic E-state index is 13.4. The number of halogens is 1. The predicted molar refractivity (Wildman–Crippen MR) is 120 cm³/mol. The minimum atomic E-state index is -0.670. The summed E-state index contributed by atoms with van der Waals surface area (Å²) >= 11 is 0. The second-order valence-electron chi connectivity index (χ2n) is 8.29. The van der Waals surface area contributed by atoms with Gasteiger partial charge in [0.05, 0.1) is 12.1 Å². The number of fused-ring (bicyclic) bond motifs is 1. The van der Waals surface area contributed by atoms with Crippen LogP contribution in [0.15, 0.2) is 78.9 Å². The van der Waals surface area contributed by atoms with Gasteiger partial charge in [-0.05, 0) is 48.5 Å². The SMILES string of the molecule is O=C(c1ccc(F)cc1)N1CCC2(CC1)CC(=O)N(c1ccccc1)c1ccccc1O2. The Morgan fingerprint density at radius 1 is 0.875 bits per heavy atom. The molecule has 0 N–H and O–H groups in total. The fraction of sp³-hybridized carbons (Fsp3) is 0.231. The van der Waals surface area contributed by atoms with Gasteiger partial charge in [0.1, 0.15) is 17.2 Å². The molecule has 2 heterocycles. The van der Waals surface area contributed by atoms with Crippen LogP contribution in [0.1, 0.15) is 29.6 Å². The molecule has 1 spiro atoms. The molecule has 0 radical (unpaired) electrons. The summed E-state index contributed by atoms with van der Waals surface area (Å²) in [7, 11) is 0. The van der Waals surface area contributed by atoms with Crippen LogP contribution in [0.25, 0.3) is 0 Å². The maximum absolute atomic E-state index is 13.4. The van der Waals surface area contributed by atoms with Crippen molar-refractivity contribution in [1.82, 2.24) is 4.90 Å². The molecular formula is C26H23FN2O3. The number of carbonyl (C=O) groups is 2. The smallest absolute Gasteiger partial charge is 0.253 e. The van der Waals surface area contributed by atoms with Gasteiger partial charge in [-0.1, -0.05) is 30.3 Å². The van der Waals surface area contributed by atoms with E-state index in [9.17, 15) is 14.0 Å². The van der Waals surface area contributed by atoms with E-state index in [-0.39, 0.29) is 24.1 Å². The summed E-state index contributed by atoms with van der Waals surface area (Å²) in [4.78, 5) is 29.8. The third kappa shape index (κ3) is 3.73. The number of hydrogen-bond acceptors (Lipinski definition) is 3. The third-order valence-corrected chi connectivity index (χ3v) is 6.22. The van der Waals surface area contributed by atoms with E-state index in [0.29, 0.717) is 37.2 Å². The Morgan fingerprint density at radius 3 is 2.25 bits per heavy atom. The van der Waals surface area contributed by atoms with Crippen molar-refractivity contribution in [3.8, 4) is 5.75 Å². The first-order valence-corrected chi connectivity index (χ1v) is 10.8. The summed E-state index contributed by atoms with van der Waals surface area (Å²) in [5.41, 5.74) is 1.32. The molecule has 6 heteroatoms. The Hall–Kier alpha value is -3.67. The molecule has 0 aliphatic carbocycles. The first-order valence-electron chi connectivity index (χ1n) is 10.8. The molecule has 3 aromatic rings. The molecule has 162 valence electrons. The van der Waals surface area contributed by atoms with E-state index in [4.69, 9.17) is 4.74 Å². The van der Waals surface area contributed by atoms with Gasteiger partial charge in [0.2, 0.25) is 5.91 Å². The zero-order valence-electron chi connectivity index (χ0n) is 17.5. The molecule has 0 bridgehead atoms. The Balaban J connectivity index is 1.39. The fourth-order valence-corrected chi connectivity index (χ4v) is 4.52. The van der Waals surface area contributed by atoms with Gasteiger partial charge in [-0.3, -0.25) is 14.5 Å². The highest BCUT2D eigenvalue weighted by Gasteiger charge is 2.44. The number of nitrogens with zero attached hydrogens (tertiary/aromatic N) is 2. The highest BCUT2D eigenvalue weighted by atomic mass is 19.1. The van der Waals surface area contributed by atoms with Crippen molar-refractivity contribution in [2.75, 3.05) is 18.0 Å². The summed E-state index contributed by atoms with van der Waals surface area (Å²) in [6.45, 7) is 0.938. The molecular weight excluding hydrogens is 407 g/mol. The number of hydrogen-bond donors (Lipinski definition) is 0. The lowest BCUT2D eigenvalue weighted by atomic mass is 9.87. The van der Waals surface area contributed by atoms with Crippen LogP contribution in [0.5, 0.6) is 5.75 Å². The summed E-state index contributed by atoms with van der Waals surface area (Å²) in [6, 6.07) is 22.7. The van der Waals surface area contributed by atoms with E-state index >= 15 is 0 Å².